The fourth-order valence-electron chi connectivity index (χ4n) is 1.45. The highest BCUT2D eigenvalue weighted by Crippen LogP contribution is 2.13. The summed E-state index contributed by atoms with van der Waals surface area (Å²) in [5.74, 6) is 2.46. The Bertz CT molecular complexity index is 515. The van der Waals surface area contributed by atoms with Crippen LogP contribution in [0.15, 0.2) is 10.7 Å². The Kier molecular flexibility index (Phi) is 3.37. The second kappa shape index (κ2) is 4.79. The number of anilines is 1. The van der Waals surface area contributed by atoms with Gasteiger partial charge in [-0.1, -0.05) is 13.8 Å². The van der Waals surface area contributed by atoms with Gasteiger partial charge in [0, 0.05) is 18.9 Å². The molecule has 0 aliphatic rings. The van der Waals surface area contributed by atoms with Crippen LogP contribution in [-0.4, -0.2) is 24.7 Å². The summed E-state index contributed by atoms with van der Waals surface area (Å²) in [4.78, 5) is 12.8. The van der Waals surface area contributed by atoms with E-state index in [0.717, 1.165) is 24.5 Å². The predicted octanol–water partition coefficient (Wildman–Crippen LogP) is 1.53. The van der Waals surface area contributed by atoms with E-state index in [1.165, 1.54) is 0 Å². The van der Waals surface area contributed by atoms with Crippen molar-refractivity contribution in [3.63, 3.8) is 0 Å². The van der Waals surface area contributed by atoms with E-state index in [9.17, 15) is 0 Å². The van der Waals surface area contributed by atoms with Crippen molar-refractivity contribution in [1.29, 1.82) is 0 Å². The zero-order valence-corrected chi connectivity index (χ0v) is 11.3. The molecule has 0 bridgehead atoms. The van der Waals surface area contributed by atoms with Crippen LogP contribution in [0.2, 0.25) is 0 Å². The molecule has 90 valence electrons. The van der Waals surface area contributed by atoms with Gasteiger partial charge in [-0.05, 0) is 15.9 Å². The highest BCUT2D eigenvalue weighted by atomic mass is 79.9. The monoisotopic (exact) mass is 296 g/mol. The van der Waals surface area contributed by atoms with Gasteiger partial charge >= 0.3 is 0 Å². The van der Waals surface area contributed by atoms with Crippen LogP contribution < -0.4 is 5.73 Å². The molecule has 0 saturated heterocycles. The minimum atomic E-state index is 0.400. The van der Waals surface area contributed by atoms with Crippen molar-refractivity contribution < 1.29 is 0 Å². The second-order valence-electron chi connectivity index (χ2n) is 3.48. The Morgan fingerprint density at radius 1 is 1.24 bits per heavy atom. The van der Waals surface area contributed by atoms with Crippen molar-refractivity contribution in [2.45, 2.75) is 26.7 Å². The molecule has 0 spiro atoms. The molecule has 6 nitrogen and oxygen atoms in total. The number of aromatic nitrogens is 5. The Morgan fingerprint density at radius 2 is 2.00 bits per heavy atom. The summed E-state index contributed by atoms with van der Waals surface area (Å²) in [5.41, 5.74) is 5.68. The first-order valence-corrected chi connectivity index (χ1v) is 6.18. The molecule has 2 rings (SSSR count). The third-order valence-electron chi connectivity index (χ3n) is 2.24. The summed E-state index contributed by atoms with van der Waals surface area (Å²) in [6.07, 6.45) is 1.55. The molecule has 2 N–H and O–H groups in total. The van der Waals surface area contributed by atoms with Crippen LogP contribution in [-0.2, 0) is 12.8 Å². The van der Waals surface area contributed by atoms with Crippen molar-refractivity contribution in [3.05, 3.63) is 22.3 Å². The molecule has 0 fully saturated rings. The number of aryl methyl sites for hydroxylation is 2. The van der Waals surface area contributed by atoms with E-state index in [0.29, 0.717) is 16.4 Å². The molecule has 7 heteroatoms. The molecule has 0 saturated carbocycles. The minimum absolute atomic E-state index is 0.400. The Morgan fingerprint density at radius 3 is 2.59 bits per heavy atom. The van der Waals surface area contributed by atoms with Crippen molar-refractivity contribution >= 4 is 21.7 Å². The number of hydrogen-bond acceptors (Lipinski definition) is 5. The van der Waals surface area contributed by atoms with Gasteiger partial charge in [-0.3, -0.25) is 0 Å². The minimum Gasteiger partial charge on any atom is -0.383 e. The standard InChI is InChI=1S/C10H13BrN6/c1-3-8-15-9(4-2)17(16-8)10-13-6(11)5-7(12)14-10/h5H,3-4H2,1-2H3,(H2,12,13,14). The van der Waals surface area contributed by atoms with Crippen LogP contribution in [0, 0.1) is 0 Å². The molecule has 0 radical (unpaired) electrons. The van der Waals surface area contributed by atoms with Gasteiger partial charge in [0.25, 0.3) is 5.95 Å². The maximum atomic E-state index is 5.68. The Labute approximate surface area is 107 Å². The predicted molar refractivity (Wildman–Crippen MR) is 67.8 cm³/mol. The number of nitrogen functional groups attached to an aromatic ring is 1. The van der Waals surface area contributed by atoms with Crippen LogP contribution >= 0.6 is 15.9 Å². The van der Waals surface area contributed by atoms with E-state index in [1.807, 2.05) is 13.8 Å². The van der Waals surface area contributed by atoms with E-state index in [-0.39, 0.29) is 0 Å². The van der Waals surface area contributed by atoms with E-state index in [1.54, 1.807) is 10.7 Å². The number of nitrogens with two attached hydrogens (primary N) is 1. The van der Waals surface area contributed by atoms with E-state index in [2.05, 4.69) is 36.0 Å². The average Bonchev–Trinajstić information content (AvgIpc) is 2.70. The topological polar surface area (TPSA) is 82.5 Å². The molecular formula is C10H13BrN6. The smallest absolute Gasteiger partial charge is 0.255 e. The lowest BCUT2D eigenvalue weighted by Gasteiger charge is -2.03. The van der Waals surface area contributed by atoms with Crippen molar-refractivity contribution in [3.8, 4) is 5.95 Å². The molecule has 0 unspecified atom stereocenters. The third-order valence-corrected chi connectivity index (χ3v) is 2.65. The highest BCUT2D eigenvalue weighted by molar-refractivity contribution is 9.10. The van der Waals surface area contributed by atoms with Gasteiger partial charge in [0.2, 0.25) is 0 Å². The molecule has 0 atom stereocenters. The number of hydrogen-bond donors (Lipinski definition) is 1. The van der Waals surface area contributed by atoms with Gasteiger partial charge in [0.15, 0.2) is 5.82 Å². The molecule has 0 aliphatic carbocycles. The quantitative estimate of drug-likeness (QED) is 0.869. The maximum absolute atomic E-state index is 5.68. The molecule has 2 aromatic heterocycles. The summed E-state index contributed by atoms with van der Waals surface area (Å²) in [7, 11) is 0. The molecule has 2 aromatic rings. The lowest BCUT2D eigenvalue weighted by Crippen LogP contribution is -2.08. The van der Waals surface area contributed by atoms with Gasteiger partial charge in [0.05, 0.1) is 0 Å². The zero-order chi connectivity index (χ0) is 12.4. The van der Waals surface area contributed by atoms with Gasteiger partial charge in [-0.2, -0.15) is 9.67 Å². The van der Waals surface area contributed by atoms with Crippen LogP contribution in [0.25, 0.3) is 5.95 Å². The van der Waals surface area contributed by atoms with Crippen LogP contribution in [0.3, 0.4) is 0 Å². The third kappa shape index (κ3) is 2.44. The summed E-state index contributed by atoms with van der Waals surface area (Å²) < 4.78 is 2.27. The lowest BCUT2D eigenvalue weighted by atomic mass is 10.4. The summed E-state index contributed by atoms with van der Waals surface area (Å²) in [6.45, 7) is 4.02. The number of halogens is 1. The Balaban J connectivity index is 2.54. The van der Waals surface area contributed by atoms with Gasteiger partial charge in [-0.25, -0.2) is 9.97 Å². The molecule has 2 heterocycles. The lowest BCUT2D eigenvalue weighted by molar-refractivity contribution is 0.742. The first-order valence-electron chi connectivity index (χ1n) is 5.39. The van der Waals surface area contributed by atoms with Crippen molar-refractivity contribution in [1.82, 2.24) is 24.7 Å². The summed E-state index contributed by atoms with van der Waals surface area (Å²) in [6, 6.07) is 1.65. The first-order chi connectivity index (χ1) is 8.13. The molecular weight excluding hydrogens is 284 g/mol. The largest absolute Gasteiger partial charge is 0.383 e. The van der Waals surface area contributed by atoms with Gasteiger partial charge in [-0.15, -0.1) is 5.10 Å². The van der Waals surface area contributed by atoms with Crippen LogP contribution in [0.4, 0.5) is 5.82 Å². The van der Waals surface area contributed by atoms with Crippen LogP contribution in [0.1, 0.15) is 25.5 Å². The number of rotatable bonds is 3. The SMILES string of the molecule is CCc1nc(CC)n(-c2nc(N)cc(Br)n2)n1. The molecule has 17 heavy (non-hydrogen) atoms. The number of nitrogens with zero attached hydrogens (tertiary/aromatic N) is 5. The Hall–Kier alpha value is -1.50. The highest BCUT2D eigenvalue weighted by Gasteiger charge is 2.12. The maximum Gasteiger partial charge on any atom is 0.255 e. The van der Waals surface area contributed by atoms with E-state index in [4.69, 9.17) is 5.73 Å². The molecule has 0 aromatic carbocycles. The molecule has 0 amide bonds. The van der Waals surface area contributed by atoms with Gasteiger partial charge < -0.3 is 5.73 Å². The van der Waals surface area contributed by atoms with Crippen molar-refractivity contribution in [2.24, 2.45) is 0 Å². The fourth-order valence-corrected chi connectivity index (χ4v) is 1.84. The average molecular weight is 297 g/mol. The molecule has 0 aliphatic heterocycles. The van der Waals surface area contributed by atoms with E-state index < -0.39 is 0 Å². The first kappa shape index (κ1) is 12.0. The van der Waals surface area contributed by atoms with Crippen LogP contribution in [0.5, 0.6) is 0 Å². The second-order valence-corrected chi connectivity index (χ2v) is 4.29. The summed E-state index contributed by atoms with van der Waals surface area (Å²) >= 11 is 3.29. The van der Waals surface area contributed by atoms with Crippen molar-refractivity contribution in [2.75, 3.05) is 5.73 Å². The normalized spacial score (nSPS) is 10.8. The fraction of sp³-hybridized carbons (Fsp3) is 0.400. The van der Waals surface area contributed by atoms with Gasteiger partial charge in [0.1, 0.15) is 16.2 Å². The summed E-state index contributed by atoms with van der Waals surface area (Å²) in [5, 5.41) is 4.36. The zero-order valence-electron chi connectivity index (χ0n) is 9.68. The van der Waals surface area contributed by atoms with E-state index >= 15 is 0 Å².